The number of rotatable bonds is 4. The van der Waals surface area contributed by atoms with Gasteiger partial charge in [0.1, 0.15) is 6.04 Å². The molecule has 1 aliphatic heterocycles. The molecule has 2 unspecified atom stereocenters. The molecule has 1 aromatic rings. The van der Waals surface area contributed by atoms with Gasteiger partial charge in [-0.25, -0.2) is 0 Å². The smallest absolute Gasteiger partial charge is 0.320 e. The van der Waals surface area contributed by atoms with Crippen LogP contribution in [0.5, 0.6) is 0 Å². The van der Waals surface area contributed by atoms with Crippen molar-refractivity contribution in [2.24, 2.45) is 11.7 Å². The molecule has 0 saturated heterocycles. The minimum Gasteiger partial charge on any atom is -0.480 e. The zero-order chi connectivity index (χ0) is 16.2. The molecule has 0 amide bonds. The maximum absolute atomic E-state index is 11.3. The maximum atomic E-state index is 11.3. The summed E-state index contributed by atoms with van der Waals surface area (Å²) >= 11 is 1.97. The average Bonchev–Trinajstić information content (AvgIpc) is 2.85. The molecule has 0 radical (unpaired) electrons. The maximum Gasteiger partial charge on any atom is 0.320 e. The molecule has 3 atom stereocenters. The van der Waals surface area contributed by atoms with Crippen LogP contribution in [0.1, 0.15) is 62.8 Å². The van der Waals surface area contributed by atoms with Crippen LogP contribution in [-0.4, -0.2) is 22.4 Å². The number of hydrogen-bond donors (Lipinski definition) is 2. The van der Waals surface area contributed by atoms with Crippen LogP contribution in [0, 0.1) is 5.92 Å². The van der Waals surface area contributed by atoms with E-state index in [1.54, 1.807) is 0 Å². The van der Waals surface area contributed by atoms with Gasteiger partial charge in [0.05, 0.1) is 0 Å². The summed E-state index contributed by atoms with van der Waals surface area (Å²) in [5, 5.41) is 9.73. The van der Waals surface area contributed by atoms with Crippen molar-refractivity contribution in [3.63, 3.8) is 0 Å². The number of carbonyl (C=O) groups is 1. The van der Waals surface area contributed by atoms with Crippen molar-refractivity contribution < 1.29 is 9.90 Å². The monoisotopic (exact) mass is 333 g/mol. The van der Waals surface area contributed by atoms with Gasteiger partial charge >= 0.3 is 5.97 Å². The Kier molecular flexibility index (Phi) is 5.65. The van der Waals surface area contributed by atoms with Crippen LogP contribution >= 0.6 is 11.8 Å². The van der Waals surface area contributed by atoms with Crippen LogP contribution in [0.2, 0.25) is 0 Å². The molecule has 1 saturated carbocycles. The fourth-order valence-corrected chi connectivity index (χ4v) is 5.87. The Balaban J connectivity index is 1.81. The van der Waals surface area contributed by atoms with Crippen molar-refractivity contribution in [2.45, 2.75) is 73.5 Å². The summed E-state index contributed by atoms with van der Waals surface area (Å²) in [5.41, 5.74) is 7.21. The van der Waals surface area contributed by atoms with Gasteiger partial charge in [0.15, 0.2) is 0 Å². The number of benzene rings is 1. The lowest BCUT2D eigenvalue weighted by molar-refractivity contribution is -0.138. The predicted molar refractivity (Wildman–Crippen MR) is 94.9 cm³/mol. The van der Waals surface area contributed by atoms with E-state index < -0.39 is 12.0 Å². The van der Waals surface area contributed by atoms with Crippen molar-refractivity contribution in [3.8, 4) is 0 Å². The highest BCUT2D eigenvalue weighted by atomic mass is 32.2. The molecule has 0 bridgehead atoms. The van der Waals surface area contributed by atoms with Crippen molar-refractivity contribution in [1.29, 1.82) is 0 Å². The number of hydrogen-bond acceptors (Lipinski definition) is 3. The summed E-state index contributed by atoms with van der Waals surface area (Å²) in [6.45, 7) is 0. The Hall–Kier alpha value is -1.00. The third kappa shape index (κ3) is 3.92. The molecule has 0 spiro atoms. The highest BCUT2D eigenvalue weighted by Crippen LogP contribution is 2.52. The summed E-state index contributed by atoms with van der Waals surface area (Å²) in [6, 6.07) is 7.75. The van der Waals surface area contributed by atoms with Gasteiger partial charge in [-0.2, -0.15) is 0 Å². The van der Waals surface area contributed by atoms with Gasteiger partial charge in [0.2, 0.25) is 0 Å². The second-order valence-electron chi connectivity index (χ2n) is 7.01. The number of thioether (sulfide) groups is 1. The first kappa shape index (κ1) is 16.8. The highest BCUT2D eigenvalue weighted by Gasteiger charge is 2.39. The first-order valence-corrected chi connectivity index (χ1v) is 9.78. The Morgan fingerprint density at radius 2 is 1.83 bits per heavy atom. The summed E-state index contributed by atoms with van der Waals surface area (Å²) in [4.78, 5) is 12.6. The predicted octanol–water partition coefficient (Wildman–Crippen LogP) is 4.41. The van der Waals surface area contributed by atoms with Crippen LogP contribution in [0.4, 0.5) is 0 Å². The van der Waals surface area contributed by atoms with Gasteiger partial charge in [-0.3, -0.25) is 4.79 Å². The Morgan fingerprint density at radius 3 is 2.52 bits per heavy atom. The molecule has 3 nitrogen and oxygen atoms in total. The largest absolute Gasteiger partial charge is 0.480 e. The quantitative estimate of drug-likeness (QED) is 0.857. The lowest BCUT2D eigenvalue weighted by Crippen LogP contribution is -2.34. The first-order valence-electron chi connectivity index (χ1n) is 8.91. The molecule has 126 valence electrons. The summed E-state index contributed by atoms with van der Waals surface area (Å²) in [7, 11) is 0. The summed E-state index contributed by atoms with van der Waals surface area (Å²) in [6.07, 6.45) is 9.82. The molecule has 1 heterocycles. The minimum atomic E-state index is -0.879. The molecular weight excluding hydrogens is 306 g/mol. The third-order valence-corrected chi connectivity index (χ3v) is 7.03. The van der Waals surface area contributed by atoms with Crippen LogP contribution in [0.15, 0.2) is 29.2 Å². The average molecular weight is 333 g/mol. The Morgan fingerprint density at radius 1 is 1.17 bits per heavy atom. The SMILES string of the molecule is N[C@@H](CC1c2ccccc2SC1C1CCCCCCC1)C(=O)O. The van der Waals surface area contributed by atoms with Crippen molar-refractivity contribution in [1.82, 2.24) is 0 Å². The van der Waals surface area contributed by atoms with Gasteiger partial charge in [0, 0.05) is 10.1 Å². The molecule has 3 N–H and O–H groups in total. The molecule has 23 heavy (non-hydrogen) atoms. The number of carboxylic acid groups (broad SMARTS) is 1. The van der Waals surface area contributed by atoms with Crippen LogP contribution in [-0.2, 0) is 4.79 Å². The highest BCUT2D eigenvalue weighted by molar-refractivity contribution is 8.00. The summed E-state index contributed by atoms with van der Waals surface area (Å²) in [5.74, 6) is 0.0984. The van der Waals surface area contributed by atoms with Crippen molar-refractivity contribution >= 4 is 17.7 Å². The van der Waals surface area contributed by atoms with Crippen LogP contribution in [0.25, 0.3) is 0 Å². The van der Waals surface area contributed by atoms with E-state index in [0.717, 1.165) is 0 Å². The molecule has 1 aromatic carbocycles. The van der Waals surface area contributed by atoms with Crippen molar-refractivity contribution in [2.75, 3.05) is 0 Å². The van der Waals surface area contributed by atoms with Crippen molar-refractivity contribution in [3.05, 3.63) is 29.8 Å². The lowest BCUT2D eigenvalue weighted by atomic mass is 9.79. The molecule has 4 heteroatoms. The molecule has 2 aliphatic rings. The second-order valence-corrected chi connectivity index (χ2v) is 8.23. The van der Waals surface area contributed by atoms with E-state index in [1.165, 1.54) is 55.4 Å². The first-order chi connectivity index (χ1) is 11.2. The molecule has 3 rings (SSSR count). The molecule has 1 aliphatic carbocycles. The van der Waals surface area contributed by atoms with Gasteiger partial charge in [0.25, 0.3) is 0 Å². The van der Waals surface area contributed by atoms with E-state index in [9.17, 15) is 9.90 Å². The van der Waals surface area contributed by atoms with Crippen LogP contribution in [0.3, 0.4) is 0 Å². The van der Waals surface area contributed by atoms with Crippen LogP contribution < -0.4 is 5.73 Å². The normalized spacial score (nSPS) is 27.0. The topological polar surface area (TPSA) is 63.3 Å². The standard InChI is InChI=1S/C19H27NO2S/c20-16(19(21)22)12-15-14-10-6-7-11-17(14)23-18(15)13-8-4-2-1-3-5-9-13/h6-7,10-11,13,15-16,18H,1-5,8-9,12,20H2,(H,21,22)/t15?,16-,18?/m0/s1. The Labute approximate surface area is 143 Å². The number of aliphatic carboxylic acids is 1. The molecular formula is C19H27NO2S. The molecule has 1 fully saturated rings. The Bertz CT molecular complexity index is 540. The van der Waals surface area contributed by atoms with E-state index >= 15 is 0 Å². The number of nitrogens with two attached hydrogens (primary N) is 1. The van der Waals surface area contributed by atoms with Gasteiger partial charge in [-0.05, 0) is 42.7 Å². The molecule has 0 aromatic heterocycles. The van der Waals surface area contributed by atoms with E-state index in [2.05, 4.69) is 24.3 Å². The second kappa shape index (κ2) is 7.71. The summed E-state index contributed by atoms with van der Waals surface area (Å²) < 4.78 is 0. The van der Waals surface area contributed by atoms with E-state index in [0.29, 0.717) is 17.6 Å². The van der Waals surface area contributed by atoms with Gasteiger partial charge in [-0.15, -0.1) is 11.8 Å². The zero-order valence-electron chi connectivity index (χ0n) is 13.6. The zero-order valence-corrected chi connectivity index (χ0v) is 14.4. The van der Waals surface area contributed by atoms with Gasteiger partial charge < -0.3 is 10.8 Å². The van der Waals surface area contributed by atoms with E-state index in [4.69, 9.17) is 5.73 Å². The third-order valence-electron chi connectivity index (χ3n) is 5.42. The minimum absolute atomic E-state index is 0.284. The fourth-order valence-electron chi connectivity index (χ4n) is 4.18. The number of carboxylic acids is 1. The van der Waals surface area contributed by atoms with Gasteiger partial charge in [-0.1, -0.05) is 50.3 Å². The van der Waals surface area contributed by atoms with E-state index in [-0.39, 0.29) is 5.92 Å². The van der Waals surface area contributed by atoms with E-state index in [1.807, 2.05) is 11.8 Å². The lowest BCUT2D eigenvalue weighted by Gasteiger charge is -2.30. The number of fused-ring (bicyclic) bond motifs is 1. The fraction of sp³-hybridized carbons (Fsp3) is 0.632.